The van der Waals surface area contributed by atoms with Gasteiger partial charge in [-0.25, -0.2) is 0 Å². The first-order chi connectivity index (χ1) is 17.4. The van der Waals surface area contributed by atoms with Gasteiger partial charge in [-0.3, -0.25) is 0 Å². The van der Waals surface area contributed by atoms with E-state index in [0.717, 1.165) is 0 Å². The van der Waals surface area contributed by atoms with E-state index in [2.05, 4.69) is 4.74 Å². The molecule has 0 aliphatic carbocycles. The fourth-order valence-corrected chi connectivity index (χ4v) is 4.10. The van der Waals surface area contributed by atoms with Crippen molar-refractivity contribution in [3.63, 3.8) is 0 Å². The van der Waals surface area contributed by atoms with Crippen molar-refractivity contribution in [1.82, 2.24) is 0 Å². The molecular weight excluding hydrogens is 512 g/mol. The Morgan fingerprint density at radius 3 is 1.32 bits per heavy atom. The van der Waals surface area contributed by atoms with E-state index in [9.17, 15) is 35.7 Å². The molecule has 3 aliphatic heterocycles. The molecule has 17 nitrogen and oxygen atoms in total. The first-order valence-electron chi connectivity index (χ1n) is 11.6. The van der Waals surface area contributed by atoms with E-state index in [0.29, 0.717) is 0 Å². The molecule has 17 heteroatoms. The van der Waals surface area contributed by atoms with Gasteiger partial charge in [0.2, 0.25) is 0 Å². The van der Waals surface area contributed by atoms with Crippen molar-refractivity contribution >= 4 is 0 Å². The lowest BCUT2D eigenvalue weighted by atomic mass is 9.90. The Bertz CT molecular complexity index is 650. The fraction of sp³-hybridized carbons (Fsp3) is 1.00. The second kappa shape index (κ2) is 14.6. The summed E-state index contributed by atoms with van der Waals surface area (Å²) in [6, 6.07) is 0. The van der Waals surface area contributed by atoms with Crippen LogP contribution in [-0.2, 0) is 18.9 Å². The normalized spacial score (nSPS) is 48.7. The first kappa shape index (κ1) is 32.5. The lowest BCUT2D eigenvalue weighted by molar-refractivity contribution is -0.286. The van der Waals surface area contributed by atoms with Crippen molar-refractivity contribution in [3.05, 3.63) is 0 Å². The second-order valence-corrected chi connectivity index (χ2v) is 9.02. The maximum atomic E-state index is 9.99. The number of hydrogen-bond donors (Lipinski definition) is 13. The molecule has 220 valence electrons. The van der Waals surface area contributed by atoms with Gasteiger partial charge in [0.15, 0.2) is 12.6 Å². The molecule has 3 fully saturated rings. The molecule has 15 unspecified atom stereocenters. The van der Waals surface area contributed by atoms with Crippen molar-refractivity contribution in [2.24, 2.45) is 5.92 Å². The maximum absolute atomic E-state index is 9.99. The smallest absolute Gasteiger partial charge is 0.184 e. The van der Waals surface area contributed by atoms with Crippen LogP contribution in [0.4, 0.5) is 0 Å². The molecular formula is C20H38O17. The van der Waals surface area contributed by atoms with Gasteiger partial charge >= 0.3 is 0 Å². The lowest BCUT2D eigenvalue weighted by Crippen LogP contribution is -2.60. The Labute approximate surface area is 210 Å². The highest BCUT2D eigenvalue weighted by molar-refractivity contribution is 4.93. The van der Waals surface area contributed by atoms with E-state index in [-0.39, 0.29) is 13.2 Å². The third kappa shape index (κ3) is 7.71. The quantitative estimate of drug-likeness (QED) is 0.140. The minimum atomic E-state index is -1.63. The van der Waals surface area contributed by atoms with E-state index in [1.165, 1.54) is 0 Å². The summed E-state index contributed by atoms with van der Waals surface area (Å²) in [5.41, 5.74) is 0. The van der Waals surface area contributed by atoms with Crippen LogP contribution in [0.25, 0.3) is 0 Å². The average molecular weight is 551 g/mol. The summed E-state index contributed by atoms with van der Waals surface area (Å²) in [6.45, 7) is -2.06. The molecule has 0 aromatic carbocycles. The molecule has 3 aliphatic rings. The van der Waals surface area contributed by atoms with Gasteiger partial charge in [0, 0.05) is 5.92 Å². The van der Waals surface area contributed by atoms with Gasteiger partial charge in [0.25, 0.3) is 0 Å². The van der Waals surface area contributed by atoms with E-state index < -0.39 is 112 Å². The average Bonchev–Trinajstić information content (AvgIpc) is 2.89. The zero-order valence-corrected chi connectivity index (χ0v) is 19.6. The Hall–Kier alpha value is -0.680. The van der Waals surface area contributed by atoms with Gasteiger partial charge in [0.05, 0.1) is 45.2 Å². The van der Waals surface area contributed by atoms with E-state index >= 15 is 0 Å². The van der Waals surface area contributed by atoms with Gasteiger partial charge in [-0.05, 0) is 0 Å². The van der Waals surface area contributed by atoms with Crippen LogP contribution >= 0.6 is 0 Å². The Morgan fingerprint density at radius 1 is 0.405 bits per heavy atom. The van der Waals surface area contributed by atoms with Crippen LogP contribution in [0.5, 0.6) is 0 Å². The van der Waals surface area contributed by atoms with E-state index in [1.54, 1.807) is 0 Å². The second-order valence-electron chi connectivity index (χ2n) is 9.02. The number of ether oxygens (including phenoxy) is 4. The molecule has 37 heavy (non-hydrogen) atoms. The highest BCUT2D eigenvalue weighted by Gasteiger charge is 2.46. The van der Waals surface area contributed by atoms with Crippen molar-refractivity contribution < 1.29 is 85.3 Å². The molecule has 0 amide bonds. The predicted octanol–water partition coefficient (Wildman–Crippen LogP) is -8.33. The Balaban J connectivity index is 0.000000335. The van der Waals surface area contributed by atoms with Crippen LogP contribution < -0.4 is 0 Å². The highest BCUT2D eigenvalue weighted by atomic mass is 16.6. The van der Waals surface area contributed by atoms with Crippen LogP contribution in [-0.4, -0.2) is 185 Å². The summed E-state index contributed by atoms with van der Waals surface area (Å²) in [7, 11) is 0. The van der Waals surface area contributed by atoms with Gasteiger partial charge in [-0.2, -0.15) is 0 Å². The fourth-order valence-electron chi connectivity index (χ4n) is 4.10. The number of rotatable bonds is 7. The highest BCUT2D eigenvalue weighted by Crippen LogP contribution is 2.27. The van der Waals surface area contributed by atoms with Crippen molar-refractivity contribution in [2.75, 3.05) is 33.0 Å². The maximum Gasteiger partial charge on any atom is 0.184 e. The Morgan fingerprint density at radius 2 is 0.811 bits per heavy atom. The predicted molar refractivity (Wildman–Crippen MR) is 114 cm³/mol. The summed E-state index contributed by atoms with van der Waals surface area (Å²) >= 11 is 0. The van der Waals surface area contributed by atoms with Crippen LogP contribution in [0, 0.1) is 5.92 Å². The molecule has 3 heterocycles. The van der Waals surface area contributed by atoms with Gasteiger partial charge in [-0.1, -0.05) is 0 Å². The van der Waals surface area contributed by atoms with Crippen molar-refractivity contribution in [3.8, 4) is 0 Å². The third-order valence-electron chi connectivity index (χ3n) is 6.50. The zero-order valence-electron chi connectivity index (χ0n) is 19.6. The summed E-state index contributed by atoms with van der Waals surface area (Å²) in [6.07, 6.45) is -19.2. The minimum absolute atomic E-state index is 0.203. The Kier molecular flexibility index (Phi) is 12.9. The zero-order chi connectivity index (χ0) is 28.0. The van der Waals surface area contributed by atoms with Crippen LogP contribution in [0.15, 0.2) is 0 Å². The summed E-state index contributed by atoms with van der Waals surface area (Å²) < 4.78 is 20.2. The van der Waals surface area contributed by atoms with Gasteiger partial charge in [0.1, 0.15) is 61.0 Å². The molecule has 0 saturated carbocycles. The topological polar surface area (TPSA) is 300 Å². The lowest BCUT2D eigenvalue weighted by Gasteiger charge is -2.41. The molecule has 0 radical (unpaired) electrons. The molecule has 0 spiro atoms. The van der Waals surface area contributed by atoms with Gasteiger partial charge in [-0.15, -0.1) is 0 Å². The third-order valence-corrected chi connectivity index (χ3v) is 6.50. The summed E-state index contributed by atoms with van der Waals surface area (Å²) in [4.78, 5) is 0. The van der Waals surface area contributed by atoms with E-state index in [4.69, 9.17) is 44.8 Å². The molecule has 0 bridgehead atoms. The molecule has 3 rings (SSSR count). The number of aliphatic hydroxyl groups is 13. The molecule has 0 aromatic rings. The monoisotopic (exact) mass is 550 g/mol. The standard InChI is InChI=1S/C14H26O11.C6H12O6/c15-1-6-5(9(17)13(21)14(22)25-6)3-23-4-8-11(19)12(20)10(18)7(2-16)24-8;7-1-2-3(8)4(9)5(10)6(11)12-2/h5-22H,1-4H2;2-11H,1H2. The van der Waals surface area contributed by atoms with Crippen LogP contribution in [0.2, 0.25) is 0 Å². The SMILES string of the molecule is OCC1OC(COCC2C(CO)OC(O)C(O)C2O)C(O)C(O)C1O.OCC1OC(O)C(O)C(O)C1O. The van der Waals surface area contributed by atoms with Gasteiger partial charge < -0.3 is 85.3 Å². The molecule has 3 saturated heterocycles. The molecule has 15 atom stereocenters. The first-order valence-corrected chi connectivity index (χ1v) is 11.6. The summed E-state index contributed by atoms with van der Waals surface area (Å²) in [5, 5.41) is 121. The van der Waals surface area contributed by atoms with Crippen LogP contribution in [0.3, 0.4) is 0 Å². The number of aliphatic hydroxyl groups excluding tert-OH is 13. The van der Waals surface area contributed by atoms with Crippen molar-refractivity contribution in [2.45, 2.75) is 85.8 Å². The molecule has 0 aromatic heterocycles. The minimum Gasteiger partial charge on any atom is -0.394 e. The number of hydrogen-bond acceptors (Lipinski definition) is 17. The summed E-state index contributed by atoms with van der Waals surface area (Å²) in [5.74, 6) is -0.853. The largest absolute Gasteiger partial charge is 0.394 e. The molecule has 13 N–H and O–H groups in total. The van der Waals surface area contributed by atoms with Crippen molar-refractivity contribution in [1.29, 1.82) is 0 Å². The van der Waals surface area contributed by atoms with E-state index in [1.807, 2.05) is 0 Å². The van der Waals surface area contributed by atoms with Crippen LogP contribution in [0.1, 0.15) is 0 Å².